The summed E-state index contributed by atoms with van der Waals surface area (Å²) in [6, 6.07) is 8.36. The Kier molecular flexibility index (Phi) is 7.89. The van der Waals surface area contributed by atoms with Gasteiger partial charge in [0, 0.05) is 25.2 Å². The number of carbonyl (C=O) groups is 1. The standard InChI is InChI=1S/C28H31N3O7S/c1-5-36-21-15-18(7-9-20(21)34-4)25-24(27(33)37-6-2)17(3)29-28-31(25)26(32)22(39-28)16-19-8-10-23(38-19)30-11-13-35-14-12-30/h7-10,15-16,25H,5-6,11-14H2,1-4H3/t25-/m1/s1. The van der Waals surface area contributed by atoms with E-state index in [4.69, 9.17) is 23.4 Å². The molecule has 0 spiro atoms. The van der Waals surface area contributed by atoms with Crippen molar-refractivity contribution < 1.29 is 28.2 Å². The van der Waals surface area contributed by atoms with E-state index < -0.39 is 12.0 Å². The lowest BCUT2D eigenvalue weighted by atomic mass is 9.95. The molecule has 1 fully saturated rings. The van der Waals surface area contributed by atoms with Crippen molar-refractivity contribution in [2.75, 3.05) is 51.5 Å². The predicted molar refractivity (Wildman–Crippen MR) is 146 cm³/mol. The van der Waals surface area contributed by atoms with Gasteiger partial charge in [-0.25, -0.2) is 9.79 Å². The number of hydrogen-bond donors (Lipinski definition) is 0. The Bertz CT molecular complexity index is 1580. The van der Waals surface area contributed by atoms with E-state index in [2.05, 4.69) is 9.89 Å². The summed E-state index contributed by atoms with van der Waals surface area (Å²) in [5.41, 5.74) is 1.19. The van der Waals surface area contributed by atoms with Gasteiger partial charge in [0.1, 0.15) is 5.76 Å². The number of thiazole rings is 1. The zero-order valence-electron chi connectivity index (χ0n) is 22.4. The van der Waals surface area contributed by atoms with Crippen LogP contribution in [0.15, 0.2) is 55.8 Å². The van der Waals surface area contributed by atoms with Gasteiger partial charge in [-0.3, -0.25) is 9.36 Å². The quantitative estimate of drug-likeness (QED) is 0.392. The van der Waals surface area contributed by atoms with E-state index in [-0.39, 0.29) is 12.2 Å². The number of ether oxygens (including phenoxy) is 4. The lowest BCUT2D eigenvalue weighted by Crippen LogP contribution is -2.40. The highest BCUT2D eigenvalue weighted by Crippen LogP contribution is 2.36. The van der Waals surface area contributed by atoms with Gasteiger partial charge in [-0.1, -0.05) is 17.4 Å². The number of rotatable bonds is 8. The molecular weight excluding hydrogens is 522 g/mol. The van der Waals surface area contributed by atoms with E-state index in [1.165, 1.54) is 11.3 Å². The smallest absolute Gasteiger partial charge is 0.338 e. The van der Waals surface area contributed by atoms with Gasteiger partial charge < -0.3 is 28.3 Å². The molecule has 39 heavy (non-hydrogen) atoms. The maximum absolute atomic E-state index is 13.9. The van der Waals surface area contributed by atoms with Gasteiger partial charge in [0.05, 0.1) is 55.4 Å². The molecule has 0 saturated carbocycles. The van der Waals surface area contributed by atoms with Crippen LogP contribution in [0, 0.1) is 0 Å². The zero-order valence-corrected chi connectivity index (χ0v) is 23.2. The van der Waals surface area contributed by atoms with Gasteiger partial charge in [-0.05, 0) is 44.5 Å². The van der Waals surface area contributed by atoms with Crippen molar-refractivity contribution in [1.29, 1.82) is 0 Å². The lowest BCUT2D eigenvalue weighted by molar-refractivity contribution is -0.139. The molecule has 0 radical (unpaired) electrons. The first-order valence-electron chi connectivity index (χ1n) is 12.9. The molecule has 5 rings (SSSR count). The highest BCUT2D eigenvalue weighted by molar-refractivity contribution is 7.07. The minimum absolute atomic E-state index is 0.198. The maximum Gasteiger partial charge on any atom is 0.338 e. The molecule has 0 aliphatic carbocycles. The number of methoxy groups -OCH3 is 1. The van der Waals surface area contributed by atoms with Gasteiger partial charge >= 0.3 is 5.97 Å². The van der Waals surface area contributed by atoms with Crippen molar-refractivity contribution >= 4 is 29.3 Å². The number of morpholine rings is 1. The topological polar surface area (TPSA) is 105 Å². The SMILES string of the molecule is CCOC(=O)C1=C(C)N=c2sc(=Cc3ccc(N4CCOCC4)o3)c(=O)n2[C@@H]1c1ccc(OC)c(OCC)c1. The Hall–Kier alpha value is -3.83. The van der Waals surface area contributed by atoms with E-state index in [0.717, 1.165) is 19.0 Å². The summed E-state index contributed by atoms with van der Waals surface area (Å²) >= 11 is 1.25. The van der Waals surface area contributed by atoms with Crippen molar-refractivity contribution in [3.8, 4) is 11.5 Å². The normalized spacial score (nSPS) is 17.6. The molecule has 0 bridgehead atoms. The molecule has 206 valence electrons. The predicted octanol–water partition coefficient (Wildman–Crippen LogP) is 2.64. The van der Waals surface area contributed by atoms with Crippen LogP contribution in [0.25, 0.3) is 6.08 Å². The molecule has 0 N–H and O–H groups in total. The molecule has 11 heteroatoms. The summed E-state index contributed by atoms with van der Waals surface area (Å²) in [5.74, 6) is 1.84. The fourth-order valence-corrected chi connectivity index (χ4v) is 5.77. The van der Waals surface area contributed by atoms with Crippen molar-refractivity contribution in [2.24, 2.45) is 4.99 Å². The van der Waals surface area contributed by atoms with Gasteiger partial charge in [-0.15, -0.1) is 0 Å². The zero-order chi connectivity index (χ0) is 27.5. The maximum atomic E-state index is 13.9. The van der Waals surface area contributed by atoms with Crippen LogP contribution in [-0.4, -0.2) is 57.2 Å². The Labute approximate surface area is 229 Å². The minimum Gasteiger partial charge on any atom is -0.493 e. The number of fused-ring (bicyclic) bond motifs is 1. The Balaban J connectivity index is 1.63. The first-order chi connectivity index (χ1) is 18.9. The molecule has 10 nitrogen and oxygen atoms in total. The van der Waals surface area contributed by atoms with Gasteiger partial charge in [0.2, 0.25) is 0 Å². The molecule has 2 aromatic heterocycles. The lowest BCUT2D eigenvalue weighted by Gasteiger charge is -2.26. The highest BCUT2D eigenvalue weighted by Gasteiger charge is 2.34. The highest BCUT2D eigenvalue weighted by atomic mass is 32.1. The van der Waals surface area contributed by atoms with Gasteiger partial charge in [-0.2, -0.15) is 0 Å². The Morgan fingerprint density at radius 1 is 1.15 bits per heavy atom. The molecular formula is C28H31N3O7S. The third-order valence-corrected chi connectivity index (χ3v) is 7.51. The molecule has 2 aliphatic rings. The van der Waals surface area contributed by atoms with Crippen molar-refractivity contribution in [3.63, 3.8) is 0 Å². The summed E-state index contributed by atoms with van der Waals surface area (Å²) in [4.78, 5) is 34.2. The molecule has 0 amide bonds. The second kappa shape index (κ2) is 11.5. The largest absolute Gasteiger partial charge is 0.493 e. The Morgan fingerprint density at radius 2 is 1.95 bits per heavy atom. The molecule has 2 aliphatic heterocycles. The molecule has 3 aromatic rings. The first kappa shape index (κ1) is 26.8. The van der Waals surface area contributed by atoms with Crippen molar-refractivity contribution in [3.05, 3.63) is 72.6 Å². The molecule has 1 aromatic carbocycles. The number of nitrogens with zero attached hydrogens (tertiary/aromatic N) is 3. The first-order valence-corrected chi connectivity index (χ1v) is 13.7. The van der Waals surface area contributed by atoms with Crippen LogP contribution >= 0.6 is 11.3 Å². The van der Waals surface area contributed by atoms with Crippen molar-refractivity contribution in [1.82, 2.24) is 4.57 Å². The summed E-state index contributed by atoms with van der Waals surface area (Å²) in [6.45, 7) is 8.79. The van der Waals surface area contributed by atoms with Crippen LogP contribution in [0.1, 0.15) is 38.1 Å². The minimum atomic E-state index is -0.756. The summed E-state index contributed by atoms with van der Waals surface area (Å²) in [5, 5.41) is 0. The molecule has 1 atom stereocenters. The van der Waals surface area contributed by atoms with Crippen LogP contribution in [0.2, 0.25) is 0 Å². The van der Waals surface area contributed by atoms with Crippen LogP contribution in [0.4, 0.5) is 5.88 Å². The summed E-state index contributed by atoms with van der Waals surface area (Å²) in [7, 11) is 1.56. The number of allylic oxidation sites excluding steroid dienone is 1. The van der Waals surface area contributed by atoms with Crippen LogP contribution in [-0.2, 0) is 14.3 Å². The number of carbonyl (C=O) groups excluding carboxylic acids is 1. The third-order valence-electron chi connectivity index (χ3n) is 6.53. The van der Waals surface area contributed by atoms with Crippen LogP contribution < -0.4 is 29.3 Å². The summed E-state index contributed by atoms with van der Waals surface area (Å²) in [6.07, 6.45) is 1.72. The summed E-state index contributed by atoms with van der Waals surface area (Å²) < 4.78 is 30.1. The fraction of sp³-hybridized carbons (Fsp3) is 0.393. The number of hydrogen-bond acceptors (Lipinski definition) is 10. The van der Waals surface area contributed by atoms with E-state index in [1.54, 1.807) is 43.7 Å². The fourth-order valence-electron chi connectivity index (χ4n) is 4.74. The second-order valence-corrected chi connectivity index (χ2v) is 9.93. The number of esters is 1. The van der Waals surface area contributed by atoms with Crippen LogP contribution in [0.3, 0.4) is 0 Å². The van der Waals surface area contributed by atoms with E-state index in [1.807, 2.05) is 25.1 Å². The van der Waals surface area contributed by atoms with Gasteiger partial charge in [0.25, 0.3) is 5.56 Å². The van der Waals surface area contributed by atoms with Gasteiger partial charge in [0.15, 0.2) is 22.2 Å². The second-order valence-electron chi connectivity index (χ2n) is 8.92. The molecule has 4 heterocycles. The average Bonchev–Trinajstić information content (AvgIpc) is 3.53. The van der Waals surface area contributed by atoms with E-state index in [9.17, 15) is 9.59 Å². The number of anilines is 1. The van der Waals surface area contributed by atoms with E-state index >= 15 is 0 Å². The molecule has 0 unspecified atom stereocenters. The van der Waals surface area contributed by atoms with Crippen LogP contribution in [0.5, 0.6) is 11.5 Å². The average molecular weight is 554 g/mol. The third kappa shape index (κ3) is 5.24. The number of aromatic nitrogens is 1. The monoisotopic (exact) mass is 553 g/mol. The number of benzene rings is 1. The molecule has 1 saturated heterocycles. The number of furan rings is 1. The van der Waals surface area contributed by atoms with E-state index in [0.29, 0.717) is 63.2 Å². The van der Waals surface area contributed by atoms with Crippen molar-refractivity contribution in [2.45, 2.75) is 26.8 Å². The Morgan fingerprint density at radius 3 is 2.67 bits per heavy atom.